The van der Waals surface area contributed by atoms with Crippen molar-refractivity contribution >= 4 is 22.6 Å². The molecule has 0 fully saturated rings. The van der Waals surface area contributed by atoms with Crippen LogP contribution in [-0.2, 0) is 10.3 Å². The fraction of sp³-hybridized carbons (Fsp3) is 0.500. The van der Waals surface area contributed by atoms with Crippen molar-refractivity contribution in [2.75, 3.05) is 11.9 Å². The fourth-order valence-electron chi connectivity index (χ4n) is 2.75. The number of rotatable bonds is 3. The number of benzene rings is 1. The van der Waals surface area contributed by atoms with Gasteiger partial charge in [0, 0.05) is 22.7 Å². The van der Waals surface area contributed by atoms with E-state index in [1.807, 2.05) is 46.1 Å². The first kappa shape index (κ1) is 19.9. The van der Waals surface area contributed by atoms with Crippen molar-refractivity contribution in [2.24, 2.45) is 0 Å². The second kappa shape index (κ2) is 6.74. The molecule has 1 heterocycles. The zero-order chi connectivity index (χ0) is 19.9. The molecule has 0 bridgehead atoms. The Kier molecular flexibility index (Phi) is 5.17. The third kappa shape index (κ3) is 4.06. The first-order chi connectivity index (χ1) is 11.8. The van der Waals surface area contributed by atoms with Gasteiger partial charge in [-0.3, -0.25) is 4.79 Å². The maximum Gasteiger partial charge on any atom is 0.343 e. The maximum absolute atomic E-state index is 14.6. The molecule has 0 radical (unpaired) electrons. The first-order valence-corrected chi connectivity index (χ1v) is 8.70. The van der Waals surface area contributed by atoms with E-state index in [0.29, 0.717) is 11.2 Å². The monoisotopic (exact) mass is 362 g/mol. The molecule has 0 unspecified atom stereocenters. The minimum atomic E-state index is -0.699. The Morgan fingerprint density at radius 2 is 1.81 bits per heavy atom. The van der Waals surface area contributed by atoms with Crippen molar-refractivity contribution in [1.29, 1.82) is 0 Å². The van der Waals surface area contributed by atoms with Crippen LogP contribution in [0.4, 0.5) is 10.1 Å². The zero-order valence-corrected chi connectivity index (χ0v) is 16.5. The van der Waals surface area contributed by atoms with Crippen LogP contribution >= 0.6 is 0 Å². The molecule has 0 atom stereocenters. The smallest absolute Gasteiger partial charge is 0.343 e. The lowest BCUT2D eigenvalue weighted by Gasteiger charge is -2.28. The Balaban J connectivity index is 2.85. The van der Waals surface area contributed by atoms with E-state index in [-0.39, 0.29) is 23.1 Å². The summed E-state index contributed by atoms with van der Waals surface area (Å²) in [5.74, 6) is -1.24. The Bertz CT molecular complexity index is 902. The number of hydrogen-bond donors (Lipinski definition) is 1. The standard InChI is InChI=1S/C20H27FN2O3/c1-8-26-18(25)13-11-23(20(5,6)7)16-10-15(22-19(2,3)4)14(21)9-12(16)17(13)24/h9-11,22H,8H2,1-7H3. The molecular formula is C20H27FN2O3. The van der Waals surface area contributed by atoms with Gasteiger partial charge in [-0.2, -0.15) is 0 Å². The largest absolute Gasteiger partial charge is 0.462 e. The second-order valence-electron chi connectivity index (χ2n) is 8.36. The number of hydrogen-bond acceptors (Lipinski definition) is 4. The molecule has 0 aliphatic rings. The van der Waals surface area contributed by atoms with Crippen molar-refractivity contribution in [2.45, 2.75) is 59.5 Å². The highest BCUT2D eigenvalue weighted by Gasteiger charge is 2.24. The Morgan fingerprint density at radius 1 is 1.19 bits per heavy atom. The van der Waals surface area contributed by atoms with Gasteiger partial charge in [-0.1, -0.05) is 0 Å². The van der Waals surface area contributed by atoms with Gasteiger partial charge in [-0.05, 0) is 60.6 Å². The van der Waals surface area contributed by atoms with Crippen LogP contribution in [0.1, 0.15) is 58.8 Å². The van der Waals surface area contributed by atoms with Gasteiger partial charge in [-0.15, -0.1) is 0 Å². The molecule has 0 aliphatic heterocycles. The lowest BCUT2D eigenvalue weighted by atomic mass is 10.0. The molecule has 26 heavy (non-hydrogen) atoms. The molecule has 0 saturated heterocycles. The number of carbonyl (C=O) groups excluding carboxylic acids is 1. The number of ether oxygens (including phenoxy) is 1. The van der Waals surface area contributed by atoms with E-state index in [2.05, 4.69) is 5.32 Å². The molecule has 5 nitrogen and oxygen atoms in total. The third-order valence-electron chi connectivity index (χ3n) is 3.82. The first-order valence-electron chi connectivity index (χ1n) is 8.70. The van der Waals surface area contributed by atoms with E-state index in [1.165, 1.54) is 12.3 Å². The van der Waals surface area contributed by atoms with Crippen LogP contribution in [0.2, 0.25) is 0 Å². The van der Waals surface area contributed by atoms with E-state index >= 15 is 0 Å². The topological polar surface area (TPSA) is 60.3 Å². The third-order valence-corrected chi connectivity index (χ3v) is 3.82. The summed E-state index contributed by atoms with van der Waals surface area (Å²) in [6.45, 7) is 13.5. The molecule has 2 aromatic rings. The van der Waals surface area contributed by atoms with Gasteiger partial charge in [0.1, 0.15) is 11.4 Å². The zero-order valence-electron chi connectivity index (χ0n) is 16.5. The summed E-state index contributed by atoms with van der Waals surface area (Å²) in [6.07, 6.45) is 1.50. The maximum atomic E-state index is 14.6. The van der Waals surface area contributed by atoms with Crippen LogP contribution < -0.4 is 10.7 Å². The van der Waals surface area contributed by atoms with E-state index in [0.717, 1.165) is 0 Å². The van der Waals surface area contributed by atoms with Crippen molar-refractivity contribution in [1.82, 2.24) is 4.57 Å². The highest BCUT2D eigenvalue weighted by Crippen LogP contribution is 2.28. The number of pyridine rings is 1. The number of halogens is 1. The van der Waals surface area contributed by atoms with Crippen molar-refractivity contribution in [3.63, 3.8) is 0 Å². The average Bonchev–Trinajstić information content (AvgIpc) is 2.46. The molecule has 0 aliphatic carbocycles. The van der Waals surface area contributed by atoms with Crippen molar-refractivity contribution < 1.29 is 13.9 Å². The molecule has 6 heteroatoms. The van der Waals surface area contributed by atoms with Gasteiger partial charge in [-0.25, -0.2) is 9.18 Å². The number of esters is 1. The van der Waals surface area contributed by atoms with Crippen molar-refractivity contribution in [3.05, 3.63) is 39.9 Å². The summed E-state index contributed by atoms with van der Waals surface area (Å²) in [6, 6.07) is 2.81. The fourth-order valence-corrected chi connectivity index (χ4v) is 2.75. The van der Waals surface area contributed by atoms with Gasteiger partial charge >= 0.3 is 5.97 Å². The number of anilines is 1. The SMILES string of the molecule is CCOC(=O)c1cn(C(C)(C)C)c2cc(NC(C)(C)C)c(F)cc2c1=O. The molecule has 0 amide bonds. The summed E-state index contributed by atoms with van der Waals surface area (Å²) >= 11 is 0. The lowest BCUT2D eigenvalue weighted by Crippen LogP contribution is -2.29. The number of nitrogens with one attached hydrogen (secondary N) is 1. The summed E-state index contributed by atoms with van der Waals surface area (Å²) in [5, 5.41) is 3.27. The molecule has 1 N–H and O–H groups in total. The summed E-state index contributed by atoms with van der Waals surface area (Å²) in [7, 11) is 0. The Hall–Kier alpha value is -2.37. The summed E-state index contributed by atoms with van der Waals surface area (Å²) in [5.41, 5.74) is -0.517. The highest BCUT2D eigenvalue weighted by molar-refractivity contribution is 5.94. The number of aromatic nitrogens is 1. The minimum Gasteiger partial charge on any atom is -0.462 e. The van der Waals surface area contributed by atoms with Gasteiger partial charge in [0.15, 0.2) is 0 Å². The van der Waals surface area contributed by atoms with E-state index in [9.17, 15) is 14.0 Å². The summed E-state index contributed by atoms with van der Waals surface area (Å²) in [4.78, 5) is 25.0. The predicted molar refractivity (Wildman–Crippen MR) is 102 cm³/mol. The van der Waals surface area contributed by atoms with Crippen LogP contribution in [0.25, 0.3) is 10.9 Å². The van der Waals surface area contributed by atoms with Gasteiger partial charge in [0.2, 0.25) is 5.43 Å². The lowest BCUT2D eigenvalue weighted by molar-refractivity contribution is 0.0524. The van der Waals surface area contributed by atoms with E-state index < -0.39 is 22.8 Å². The van der Waals surface area contributed by atoms with Crippen LogP contribution in [0.3, 0.4) is 0 Å². The second-order valence-corrected chi connectivity index (χ2v) is 8.36. The van der Waals surface area contributed by atoms with E-state index in [1.54, 1.807) is 13.0 Å². The number of fused-ring (bicyclic) bond motifs is 1. The molecule has 1 aromatic heterocycles. The molecule has 142 valence electrons. The molecule has 1 aromatic carbocycles. The number of nitrogens with zero attached hydrogens (tertiary/aromatic N) is 1. The van der Waals surface area contributed by atoms with Crippen LogP contribution in [0.15, 0.2) is 23.1 Å². The molecule has 0 saturated carbocycles. The minimum absolute atomic E-state index is 0.0924. The molecular weight excluding hydrogens is 335 g/mol. The van der Waals surface area contributed by atoms with Gasteiger partial charge < -0.3 is 14.6 Å². The average molecular weight is 362 g/mol. The van der Waals surface area contributed by atoms with Gasteiger partial charge in [0.25, 0.3) is 0 Å². The molecule has 0 spiro atoms. The van der Waals surface area contributed by atoms with Crippen LogP contribution in [0.5, 0.6) is 0 Å². The van der Waals surface area contributed by atoms with E-state index in [4.69, 9.17) is 4.74 Å². The van der Waals surface area contributed by atoms with Crippen LogP contribution in [-0.4, -0.2) is 22.7 Å². The highest BCUT2D eigenvalue weighted by atomic mass is 19.1. The normalized spacial score (nSPS) is 12.3. The predicted octanol–water partition coefficient (Wildman–Crippen LogP) is 4.28. The quantitative estimate of drug-likeness (QED) is 0.828. The van der Waals surface area contributed by atoms with Crippen molar-refractivity contribution in [3.8, 4) is 0 Å². The Labute approximate surface area is 153 Å². The summed E-state index contributed by atoms with van der Waals surface area (Å²) < 4.78 is 21.4. The van der Waals surface area contributed by atoms with Crippen LogP contribution in [0, 0.1) is 5.82 Å². The Morgan fingerprint density at radius 3 is 2.31 bits per heavy atom. The molecule has 2 rings (SSSR count). The van der Waals surface area contributed by atoms with Gasteiger partial charge in [0.05, 0.1) is 17.8 Å². The number of carbonyl (C=O) groups is 1.